The lowest BCUT2D eigenvalue weighted by molar-refractivity contribution is -0.113. The number of nitrogens with zero attached hydrogens (tertiary/aromatic N) is 2. The van der Waals surface area contributed by atoms with Crippen LogP contribution in [-0.4, -0.2) is 21.9 Å². The van der Waals surface area contributed by atoms with Crippen molar-refractivity contribution in [2.45, 2.75) is 31.4 Å². The van der Waals surface area contributed by atoms with Crippen molar-refractivity contribution < 1.29 is 9.21 Å². The van der Waals surface area contributed by atoms with Crippen LogP contribution in [0.4, 0.5) is 5.69 Å². The first-order valence-corrected chi connectivity index (χ1v) is 8.70. The quantitative estimate of drug-likeness (QED) is 0.734. The van der Waals surface area contributed by atoms with Gasteiger partial charge in [0.1, 0.15) is 0 Å². The summed E-state index contributed by atoms with van der Waals surface area (Å²) < 4.78 is 5.50. The van der Waals surface area contributed by atoms with Gasteiger partial charge in [-0.3, -0.25) is 4.79 Å². The summed E-state index contributed by atoms with van der Waals surface area (Å²) in [4.78, 5) is 12.0. The second kappa shape index (κ2) is 7.30. The molecular weight excluding hydrogens is 381 g/mol. The normalized spacial score (nSPS) is 11.6. The average Bonchev–Trinajstić information content (AvgIpc) is 2.89. The lowest BCUT2D eigenvalue weighted by atomic mass is 9.97. The van der Waals surface area contributed by atoms with Crippen LogP contribution in [0.25, 0.3) is 0 Å². The molecule has 0 saturated heterocycles. The van der Waals surface area contributed by atoms with Crippen LogP contribution in [0.3, 0.4) is 0 Å². The van der Waals surface area contributed by atoms with Crippen LogP contribution in [0, 0.1) is 0 Å². The maximum atomic E-state index is 12.0. The molecular formula is C14H14Cl3N3O2S. The SMILES string of the molecule is CC(C)(C)c1nnc(SCC(=O)Nc2c(Cl)cc(Cl)cc2Cl)o1. The molecule has 1 heterocycles. The highest BCUT2D eigenvalue weighted by molar-refractivity contribution is 7.99. The minimum atomic E-state index is -0.295. The number of carbonyl (C=O) groups is 1. The first kappa shape index (κ1) is 18.4. The predicted molar refractivity (Wildman–Crippen MR) is 93.8 cm³/mol. The van der Waals surface area contributed by atoms with Crippen LogP contribution in [0.15, 0.2) is 21.8 Å². The number of aromatic nitrogens is 2. The summed E-state index contributed by atoms with van der Waals surface area (Å²) >= 11 is 19.0. The van der Waals surface area contributed by atoms with E-state index in [0.717, 1.165) is 11.8 Å². The molecule has 2 aromatic rings. The van der Waals surface area contributed by atoms with E-state index in [1.54, 1.807) is 0 Å². The number of benzene rings is 1. The fraction of sp³-hybridized carbons (Fsp3) is 0.357. The molecule has 9 heteroatoms. The van der Waals surface area contributed by atoms with Crippen LogP contribution in [0.2, 0.25) is 15.1 Å². The summed E-state index contributed by atoms with van der Waals surface area (Å²) in [6, 6.07) is 3.01. The van der Waals surface area contributed by atoms with Gasteiger partial charge in [-0.15, -0.1) is 10.2 Å². The molecule has 0 aliphatic heterocycles. The number of carbonyl (C=O) groups excluding carboxylic acids is 1. The van der Waals surface area contributed by atoms with Crippen LogP contribution >= 0.6 is 46.6 Å². The van der Waals surface area contributed by atoms with Crippen LogP contribution in [0.5, 0.6) is 0 Å². The van der Waals surface area contributed by atoms with E-state index in [4.69, 9.17) is 39.2 Å². The summed E-state index contributed by atoms with van der Waals surface area (Å²) in [5, 5.41) is 11.8. The van der Waals surface area contributed by atoms with E-state index >= 15 is 0 Å². The Morgan fingerprint density at radius 1 is 1.22 bits per heavy atom. The van der Waals surface area contributed by atoms with Crippen molar-refractivity contribution in [3.8, 4) is 0 Å². The van der Waals surface area contributed by atoms with Crippen molar-refractivity contribution in [2.75, 3.05) is 11.1 Å². The Bertz CT molecular complexity index is 705. The van der Waals surface area contributed by atoms with E-state index in [1.807, 2.05) is 20.8 Å². The van der Waals surface area contributed by atoms with Gasteiger partial charge in [-0.1, -0.05) is 67.3 Å². The summed E-state index contributed by atoms with van der Waals surface area (Å²) in [7, 11) is 0. The van der Waals surface area contributed by atoms with Gasteiger partial charge in [0, 0.05) is 10.4 Å². The third-order valence-electron chi connectivity index (χ3n) is 2.65. The molecule has 2 rings (SSSR count). The van der Waals surface area contributed by atoms with Gasteiger partial charge in [-0.2, -0.15) is 0 Å². The van der Waals surface area contributed by atoms with E-state index in [9.17, 15) is 4.79 Å². The number of thioether (sulfide) groups is 1. The number of nitrogens with one attached hydrogen (secondary N) is 1. The van der Waals surface area contributed by atoms with Crippen LogP contribution < -0.4 is 5.32 Å². The molecule has 0 bridgehead atoms. The fourth-order valence-electron chi connectivity index (χ4n) is 1.54. The number of amides is 1. The molecule has 0 aliphatic rings. The molecule has 124 valence electrons. The highest BCUT2D eigenvalue weighted by Crippen LogP contribution is 2.34. The number of hydrogen-bond donors (Lipinski definition) is 1. The Kier molecular flexibility index (Phi) is 5.84. The monoisotopic (exact) mass is 393 g/mol. The zero-order valence-corrected chi connectivity index (χ0v) is 15.7. The third-order valence-corrected chi connectivity index (χ3v) is 4.28. The van der Waals surface area contributed by atoms with Crippen LogP contribution in [0.1, 0.15) is 26.7 Å². The molecule has 0 spiro atoms. The molecule has 1 aromatic heterocycles. The van der Waals surface area contributed by atoms with Crippen molar-refractivity contribution in [2.24, 2.45) is 0 Å². The highest BCUT2D eigenvalue weighted by Gasteiger charge is 2.22. The maximum Gasteiger partial charge on any atom is 0.277 e. The largest absolute Gasteiger partial charge is 0.415 e. The number of halogens is 3. The molecule has 5 nitrogen and oxygen atoms in total. The van der Waals surface area contributed by atoms with Crippen molar-refractivity contribution >= 4 is 58.2 Å². The standard InChI is InChI=1S/C14H14Cl3N3O2S/c1-14(2,3)12-19-20-13(22-12)23-6-10(21)18-11-8(16)4-7(15)5-9(11)17/h4-5H,6H2,1-3H3,(H,18,21). The number of anilines is 1. The first-order chi connectivity index (χ1) is 10.7. The third kappa shape index (κ3) is 5.01. The van der Waals surface area contributed by atoms with Gasteiger partial charge >= 0.3 is 0 Å². The highest BCUT2D eigenvalue weighted by atomic mass is 35.5. The van der Waals surface area contributed by atoms with E-state index in [1.165, 1.54) is 12.1 Å². The Morgan fingerprint density at radius 2 is 1.83 bits per heavy atom. The van der Waals surface area contributed by atoms with E-state index in [2.05, 4.69) is 15.5 Å². The Balaban J connectivity index is 1.97. The van der Waals surface area contributed by atoms with Gasteiger partial charge in [0.05, 0.1) is 21.5 Å². The smallest absolute Gasteiger partial charge is 0.277 e. The predicted octanol–water partition coefficient (Wildman–Crippen LogP) is 5.06. The van der Waals surface area contributed by atoms with Gasteiger partial charge in [0.25, 0.3) is 5.22 Å². The zero-order valence-electron chi connectivity index (χ0n) is 12.6. The van der Waals surface area contributed by atoms with Gasteiger partial charge < -0.3 is 9.73 Å². The van der Waals surface area contributed by atoms with Gasteiger partial charge in [0.15, 0.2) is 0 Å². The van der Waals surface area contributed by atoms with E-state index in [0.29, 0.717) is 21.8 Å². The minimum Gasteiger partial charge on any atom is -0.415 e. The lowest BCUT2D eigenvalue weighted by Gasteiger charge is -2.11. The summed E-state index contributed by atoms with van der Waals surface area (Å²) in [6.45, 7) is 5.89. The first-order valence-electron chi connectivity index (χ1n) is 6.58. The second-order valence-electron chi connectivity index (χ2n) is 5.70. The minimum absolute atomic E-state index is 0.0844. The molecule has 1 amide bonds. The van der Waals surface area contributed by atoms with Crippen molar-refractivity contribution in [3.63, 3.8) is 0 Å². The number of hydrogen-bond acceptors (Lipinski definition) is 5. The summed E-state index contributed by atoms with van der Waals surface area (Å²) in [6.07, 6.45) is 0. The average molecular weight is 395 g/mol. The molecule has 0 aliphatic carbocycles. The zero-order chi connectivity index (χ0) is 17.2. The topological polar surface area (TPSA) is 68.0 Å². The second-order valence-corrected chi connectivity index (χ2v) is 7.88. The number of rotatable bonds is 4. The van der Waals surface area contributed by atoms with Crippen molar-refractivity contribution in [1.82, 2.24) is 10.2 Å². The lowest BCUT2D eigenvalue weighted by Crippen LogP contribution is -2.14. The van der Waals surface area contributed by atoms with Gasteiger partial charge in [-0.05, 0) is 12.1 Å². The van der Waals surface area contributed by atoms with Gasteiger partial charge in [-0.25, -0.2) is 0 Å². The maximum absolute atomic E-state index is 12.0. The molecule has 0 saturated carbocycles. The fourth-order valence-corrected chi connectivity index (χ4v) is 3.01. The van der Waals surface area contributed by atoms with Crippen molar-refractivity contribution in [3.05, 3.63) is 33.1 Å². The summed E-state index contributed by atoms with van der Waals surface area (Å²) in [5.74, 6) is 0.307. The molecule has 0 unspecified atom stereocenters. The molecule has 0 radical (unpaired) electrons. The van der Waals surface area contributed by atoms with Crippen LogP contribution in [-0.2, 0) is 10.2 Å². The molecule has 23 heavy (non-hydrogen) atoms. The van der Waals surface area contributed by atoms with E-state index in [-0.39, 0.29) is 27.1 Å². The Hall–Kier alpha value is -0.950. The van der Waals surface area contributed by atoms with E-state index < -0.39 is 0 Å². The molecule has 1 N–H and O–H groups in total. The summed E-state index contributed by atoms with van der Waals surface area (Å²) in [5.41, 5.74) is 0.0857. The Labute approximate surface area is 153 Å². The molecule has 0 atom stereocenters. The Morgan fingerprint density at radius 3 is 2.35 bits per heavy atom. The molecule has 0 fully saturated rings. The van der Waals surface area contributed by atoms with Crippen molar-refractivity contribution in [1.29, 1.82) is 0 Å². The molecule has 1 aromatic carbocycles. The van der Waals surface area contributed by atoms with Gasteiger partial charge in [0.2, 0.25) is 11.8 Å².